The standard InChI is InChI=1S/C11H16N2O3/c1-3-9-8(6-12-16-9)13-11(14)10-5-4-7(2)15-10/h6-7,10H,3-5H2,1-2H3,(H,13,14). The van der Waals surface area contributed by atoms with E-state index in [1.54, 1.807) is 0 Å². The fourth-order valence-corrected chi connectivity index (χ4v) is 1.83. The van der Waals surface area contributed by atoms with Crippen molar-refractivity contribution in [2.45, 2.75) is 45.3 Å². The van der Waals surface area contributed by atoms with Gasteiger partial charge in [-0.2, -0.15) is 0 Å². The number of aromatic nitrogens is 1. The van der Waals surface area contributed by atoms with Gasteiger partial charge in [-0.25, -0.2) is 0 Å². The van der Waals surface area contributed by atoms with Gasteiger partial charge in [0.15, 0.2) is 5.76 Å². The monoisotopic (exact) mass is 224 g/mol. The van der Waals surface area contributed by atoms with Gasteiger partial charge in [0.1, 0.15) is 11.8 Å². The number of hydrogen-bond donors (Lipinski definition) is 1. The zero-order valence-corrected chi connectivity index (χ0v) is 9.53. The summed E-state index contributed by atoms with van der Waals surface area (Å²) in [6.45, 7) is 3.93. The molecule has 0 aliphatic carbocycles. The predicted octanol–water partition coefficient (Wildman–Crippen LogP) is 1.74. The van der Waals surface area contributed by atoms with Gasteiger partial charge in [-0.3, -0.25) is 4.79 Å². The van der Waals surface area contributed by atoms with Crippen LogP contribution in [-0.2, 0) is 16.0 Å². The van der Waals surface area contributed by atoms with Crippen LogP contribution in [0.5, 0.6) is 0 Å². The number of nitrogens with one attached hydrogen (secondary N) is 1. The zero-order valence-electron chi connectivity index (χ0n) is 9.53. The maximum absolute atomic E-state index is 11.8. The Morgan fingerprint density at radius 1 is 1.62 bits per heavy atom. The van der Waals surface area contributed by atoms with Gasteiger partial charge < -0.3 is 14.6 Å². The van der Waals surface area contributed by atoms with Crippen molar-refractivity contribution in [2.24, 2.45) is 0 Å². The fraction of sp³-hybridized carbons (Fsp3) is 0.636. The van der Waals surface area contributed by atoms with Gasteiger partial charge in [0.25, 0.3) is 5.91 Å². The molecular weight excluding hydrogens is 208 g/mol. The van der Waals surface area contributed by atoms with Gasteiger partial charge in [-0.05, 0) is 19.8 Å². The summed E-state index contributed by atoms with van der Waals surface area (Å²) in [6.07, 6.45) is 3.77. The molecular formula is C11H16N2O3. The lowest BCUT2D eigenvalue weighted by atomic mass is 10.2. The van der Waals surface area contributed by atoms with E-state index < -0.39 is 0 Å². The molecule has 0 saturated carbocycles. The molecule has 1 amide bonds. The van der Waals surface area contributed by atoms with E-state index in [-0.39, 0.29) is 18.1 Å². The van der Waals surface area contributed by atoms with Crippen LogP contribution >= 0.6 is 0 Å². The molecule has 1 aromatic rings. The molecule has 0 bridgehead atoms. The molecule has 1 aliphatic rings. The lowest BCUT2D eigenvalue weighted by Gasteiger charge is -2.10. The van der Waals surface area contributed by atoms with Crippen LogP contribution < -0.4 is 5.32 Å². The number of anilines is 1. The number of hydrogen-bond acceptors (Lipinski definition) is 4. The Balaban J connectivity index is 1.97. The lowest BCUT2D eigenvalue weighted by Crippen LogP contribution is -2.27. The average molecular weight is 224 g/mol. The normalized spacial score (nSPS) is 24.6. The largest absolute Gasteiger partial charge is 0.365 e. The number of amides is 1. The molecule has 2 atom stereocenters. The zero-order chi connectivity index (χ0) is 11.5. The highest BCUT2D eigenvalue weighted by Crippen LogP contribution is 2.21. The van der Waals surface area contributed by atoms with E-state index in [0.29, 0.717) is 17.9 Å². The molecule has 88 valence electrons. The van der Waals surface area contributed by atoms with Crippen molar-refractivity contribution in [3.63, 3.8) is 0 Å². The maximum Gasteiger partial charge on any atom is 0.253 e. The fourth-order valence-electron chi connectivity index (χ4n) is 1.83. The van der Waals surface area contributed by atoms with Gasteiger partial charge in [-0.1, -0.05) is 12.1 Å². The number of carbonyl (C=O) groups excluding carboxylic acids is 1. The molecule has 1 aliphatic heterocycles. The smallest absolute Gasteiger partial charge is 0.253 e. The quantitative estimate of drug-likeness (QED) is 0.849. The topological polar surface area (TPSA) is 64.4 Å². The first kappa shape index (κ1) is 11.1. The molecule has 0 spiro atoms. The van der Waals surface area contributed by atoms with E-state index in [1.165, 1.54) is 6.20 Å². The highest BCUT2D eigenvalue weighted by atomic mass is 16.5. The Morgan fingerprint density at radius 2 is 2.44 bits per heavy atom. The van der Waals surface area contributed by atoms with Crippen LogP contribution in [0.2, 0.25) is 0 Å². The first-order valence-corrected chi connectivity index (χ1v) is 5.60. The number of rotatable bonds is 3. The molecule has 1 aromatic heterocycles. The average Bonchev–Trinajstić information content (AvgIpc) is 2.86. The van der Waals surface area contributed by atoms with Crippen LogP contribution in [0.1, 0.15) is 32.4 Å². The van der Waals surface area contributed by atoms with Crippen LogP contribution in [-0.4, -0.2) is 23.3 Å². The highest BCUT2D eigenvalue weighted by molar-refractivity contribution is 5.94. The molecule has 0 radical (unpaired) electrons. The molecule has 2 rings (SSSR count). The first-order chi connectivity index (χ1) is 7.70. The molecule has 5 nitrogen and oxygen atoms in total. The van der Waals surface area contributed by atoms with E-state index in [1.807, 2.05) is 13.8 Å². The second-order valence-corrected chi connectivity index (χ2v) is 4.02. The summed E-state index contributed by atoms with van der Waals surface area (Å²) >= 11 is 0. The summed E-state index contributed by atoms with van der Waals surface area (Å²) < 4.78 is 10.5. The Labute approximate surface area is 94.1 Å². The number of ether oxygens (including phenoxy) is 1. The van der Waals surface area contributed by atoms with Crippen molar-refractivity contribution < 1.29 is 14.1 Å². The molecule has 16 heavy (non-hydrogen) atoms. The maximum atomic E-state index is 11.8. The third-order valence-corrected chi connectivity index (χ3v) is 2.75. The summed E-state index contributed by atoms with van der Waals surface area (Å²) in [6, 6.07) is 0. The molecule has 2 heterocycles. The Bertz CT molecular complexity index is 375. The predicted molar refractivity (Wildman–Crippen MR) is 58.1 cm³/mol. The first-order valence-electron chi connectivity index (χ1n) is 5.60. The van der Waals surface area contributed by atoms with Gasteiger partial charge in [0.05, 0.1) is 12.3 Å². The van der Waals surface area contributed by atoms with Crippen molar-refractivity contribution in [1.82, 2.24) is 5.16 Å². The number of aryl methyl sites for hydroxylation is 1. The minimum Gasteiger partial charge on any atom is -0.365 e. The SMILES string of the molecule is CCc1oncc1NC(=O)C1CCC(C)O1. The van der Waals surface area contributed by atoms with Crippen molar-refractivity contribution in [1.29, 1.82) is 0 Å². The van der Waals surface area contributed by atoms with Crippen LogP contribution in [0.3, 0.4) is 0 Å². The summed E-state index contributed by atoms with van der Waals surface area (Å²) in [7, 11) is 0. The Morgan fingerprint density at radius 3 is 3.06 bits per heavy atom. The van der Waals surface area contributed by atoms with Gasteiger partial charge in [0.2, 0.25) is 0 Å². The Hall–Kier alpha value is -1.36. The molecule has 5 heteroatoms. The van der Waals surface area contributed by atoms with E-state index in [4.69, 9.17) is 9.26 Å². The molecule has 1 saturated heterocycles. The van der Waals surface area contributed by atoms with Crippen molar-refractivity contribution >= 4 is 11.6 Å². The summed E-state index contributed by atoms with van der Waals surface area (Å²) in [5.41, 5.74) is 0.649. The third kappa shape index (κ3) is 2.24. The number of carbonyl (C=O) groups is 1. The van der Waals surface area contributed by atoms with Crippen molar-refractivity contribution in [2.75, 3.05) is 5.32 Å². The molecule has 1 N–H and O–H groups in total. The van der Waals surface area contributed by atoms with E-state index in [0.717, 1.165) is 12.8 Å². The van der Waals surface area contributed by atoms with Crippen LogP contribution in [0.4, 0.5) is 5.69 Å². The van der Waals surface area contributed by atoms with Crippen molar-refractivity contribution in [3.05, 3.63) is 12.0 Å². The lowest BCUT2D eigenvalue weighted by molar-refractivity contribution is -0.126. The summed E-state index contributed by atoms with van der Waals surface area (Å²) in [5, 5.41) is 6.44. The minimum absolute atomic E-state index is 0.109. The van der Waals surface area contributed by atoms with E-state index in [2.05, 4.69) is 10.5 Å². The van der Waals surface area contributed by atoms with Crippen molar-refractivity contribution in [3.8, 4) is 0 Å². The highest BCUT2D eigenvalue weighted by Gasteiger charge is 2.28. The van der Waals surface area contributed by atoms with Crippen LogP contribution in [0, 0.1) is 0 Å². The second kappa shape index (κ2) is 4.65. The second-order valence-electron chi connectivity index (χ2n) is 4.02. The molecule has 1 fully saturated rings. The van der Waals surface area contributed by atoms with Gasteiger partial charge in [-0.15, -0.1) is 0 Å². The van der Waals surface area contributed by atoms with Crippen LogP contribution in [0.15, 0.2) is 10.7 Å². The third-order valence-electron chi connectivity index (χ3n) is 2.75. The van der Waals surface area contributed by atoms with E-state index >= 15 is 0 Å². The molecule has 2 unspecified atom stereocenters. The van der Waals surface area contributed by atoms with E-state index in [9.17, 15) is 4.79 Å². The summed E-state index contributed by atoms with van der Waals surface area (Å²) in [5.74, 6) is 0.585. The molecule has 0 aromatic carbocycles. The summed E-state index contributed by atoms with van der Waals surface area (Å²) in [4.78, 5) is 11.8. The number of nitrogens with zero attached hydrogens (tertiary/aromatic N) is 1. The minimum atomic E-state index is -0.338. The van der Waals surface area contributed by atoms with Gasteiger partial charge in [0, 0.05) is 6.42 Å². The van der Waals surface area contributed by atoms with Crippen LogP contribution in [0.25, 0.3) is 0 Å². The Kier molecular flexibility index (Phi) is 3.24. The van der Waals surface area contributed by atoms with Gasteiger partial charge >= 0.3 is 0 Å².